The van der Waals surface area contributed by atoms with Gasteiger partial charge >= 0.3 is 0 Å². The number of aromatic amines is 1. The molecule has 27 heavy (non-hydrogen) atoms. The number of nitriles is 1. The molecule has 0 saturated heterocycles. The van der Waals surface area contributed by atoms with Crippen LogP contribution in [0.5, 0.6) is 0 Å². The second kappa shape index (κ2) is 7.32. The van der Waals surface area contributed by atoms with Gasteiger partial charge in [-0.2, -0.15) is 10.4 Å². The molecule has 3 aromatic carbocycles. The molecule has 130 valence electrons. The Hall–Kier alpha value is -3.62. The SMILES string of the molecule is N#Cc1c(Nc2cccc(Cl)c2)n[nH]c1/N=C/c1cccc2ccccc12. The van der Waals surface area contributed by atoms with E-state index < -0.39 is 0 Å². The quantitative estimate of drug-likeness (QED) is 0.459. The van der Waals surface area contributed by atoms with Gasteiger partial charge in [0, 0.05) is 22.5 Å². The number of H-pyrrole nitrogens is 1. The third kappa shape index (κ3) is 3.52. The van der Waals surface area contributed by atoms with Crippen molar-refractivity contribution in [2.24, 2.45) is 4.99 Å². The Kier molecular flexibility index (Phi) is 4.56. The van der Waals surface area contributed by atoms with Crippen LogP contribution in [0, 0.1) is 11.3 Å². The summed E-state index contributed by atoms with van der Waals surface area (Å²) in [6.45, 7) is 0. The Bertz CT molecular complexity index is 1180. The number of aromatic nitrogens is 2. The van der Waals surface area contributed by atoms with Crippen molar-refractivity contribution >= 4 is 45.9 Å². The van der Waals surface area contributed by atoms with Gasteiger partial charge in [0.2, 0.25) is 0 Å². The van der Waals surface area contributed by atoms with Gasteiger partial charge in [0.05, 0.1) is 0 Å². The lowest BCUT2D eigenvalue weighted by atomic mass is 10.1. The van der Waals surface area contributed by atoms with Crippen LogP contribution in [0.1, 0.15) is 11.1 Å². The van der Waals surface area contributed by atoms with Crippen LogP contribution >= 0.6 is 11.6 Å². The van der Waals surface area contributed by atoms with Crippen molar-refractivity contribution < 1.29 is 0 Å². The van der Waals surface area contributed by atoms with Crippen molar-refractivity contribution in [2.75, 3.05) is 5.32 Å². The van der Waals surface area contributed by atoms with Crippen molar-refractivity contribution in [1.29, 1.82) is 5.26 Å². The van der Waals surface area contributed by atoms with Crippen LogP contribution in [0.15, 0.2) is 71.7 Å². The number of nitrogens with zero attached hydrogens (tertiary/aromatic N) is 3. The highest BCUT2D eigenvalue weighted by Gasteiger charge is 2.12. The van der Waals surface area contributed by atoms with Crippen LogP contribution in [0.4, 0.5) is 17.3 Å². The summed E-state index contributed by atoms with van der Waals surface area (Å²) in [7, 11) is 0. The molecule has 0 unspecified atom stereocenters. The van der Waals surface area contributed by atoms with E-state index in [2.05, 4.69) is 38.7 Å². The molecule has 0 radical (unpaired) electrons. The number of anilines is 2. The van der Waals surface area contributed by atoms with Crippen LogP contribution in [0.25, 0.3) is 10.8 Å². The number of hydrogen-bond acceptors (Lipinski definition) is 4. The maximum absolute atomic E-state index is 9.54. The molecule has 0 bridgehead atoms. The molecule has 0 amide bonds. The van der Waals surface area contributed by atoms with Crippen LogP contribution in [0.2, 0.25) is 5.02 Å². The molecular weight excluding hydrogens is 358 g/mol. The molecule has 6 heteroatoms. The number of nitrogens with one attached hydrogen (secondary N) is 2. The summed E-state index contributed by atoms with van der Waals surface area (Å²) in [6.07, 6.45) is 1.74. The van der Waals surface area contributed by atoms with E-state index in [-0.39, 0.29) is 0 Å². The van der Waals surface area contributed by atoms with Crippen molar-refractivity contribution in [3.8, 4) is 6.07 Å². The third-order valence-corrected chi connectivity index (χ3v) is 4.34. The molecule has 0 aliphatic rings. The zero-order valence-corrected chi connectivity index (χ0v) is 14.9. The predicted octanol–water partition coefficient (Wildman–Crippen LogP) is 5.58. The van der Waals surface area contributed by atoms with Crippen molar-refractivity contribution in [3.05, 3.63) is 82.9 Å². The fraction of sp³-hybridized carbons (Fsp3) is 0. The molecule has 5 nitrogen and oxygen atoms in total. The number of rotatable bonds is 4. The fourth-order valence-electron chi connectivity index (χ4n) is 2.82. The summed E-state index contributed by atoms with van der Waals surface area (Å²) in [4.78, 5) is 4.45. The van der Waals surface area contributed by atoms with E-state index in [1.54, 1.807) is 18.3 Å². The Morgan fingerprint density at radius 1 is 1.07 bits per heavy atom. The molecule has 0 aliphatic heterocycles. The summed E-state index contributed by atoms with van der Waals surface area (Å²) >= 11 is 6.00. The molecule has 0 spiro atoms. The van der Waals surface area contributed by atoms with E-state index >= 15 is 0 Å². The first-order chi connectivity index (χ1) is 13.2. The van der Waals surface area contributed by atoms with Gasteiger partial charge in [0.15, 0.2) is 11.6 Å². The normalized spacial score (nSPS) is 11.0. The average Bonchev–Trinajstić information content (AvgIpc) is 3.07. The summed E-state index contributed by atoms with van der Waals surface area (Å²) in [5.41, 5.74) is 2.05. The predicted molar refractivity (Wildman–Crippen MR) is 109 cm³/mol. The molecule has 1 heterocycles. The zero-order valence-electron chi connectivity index (χ0n) is 14.1. The van der Waals surface area contributed by atoms with Crippen LogP contribution < -0.4 is 5.32 Å². The largest absolute Gasteiger partial charge is 0.338 e. The summed E-state index contributed by atoms with van der Waals surface area (Å²) in [5, 5.41) is 22.4. The van der Waals surface area contributed by atoms with E-state index in [9.17, 15) is 5.26 Å². The lowest BCUT2D eigenvalue weighted by molar-refractivity contribution is 1.09. The van der Waals surface area contributed by atoms with Crippen molar-refractivity contribution in [2.45, 2.75) is 0 Å². The van der Waals surface area contributed by atoms with E-state index in [1.165, 1.54) is 0 Å². The van der Waals surface area contributed by atoms with Crippen LogP contribution in [-0.4, -0.2) is 16.4 Å². The Labute approximate surface area is 160 Å². The maximum Gasteiger partial charge on any atom is 0.172 e. The first-order valence-electron chi connectivity index (χ1n) is 8.27. The van der Waals surface area contributed by atoms with E-state index in [1.807, 2.05) is 42.5 Å². The van der Waals surface area contributed by atoms with Gasteiger partial charge in [-0.1, -0.05) is 60.1 Å². The number of fused-ring (bicyclic) bond motifs is 1. The highest BCUT2D eigenvalue weighted by atomic mass is 35.5. The lowest BCUT2D eigenvalue weighted by Crippen LogP contribution is -1.92. The van der Waals surface area contributed by atoms with E-state index in [4.69, 9.17) is 11.6 Å². The minimum Gasteiger partial charge on any atom is -0.338 e. The monoisotopic (exact) mass is 371 g/mol. The minimum atomic E-state index is 0.339. The first-order valence-corrected chi connectivity index (χ1v) is 8.65. The number of halogens is 1. The van der Waals surface area contributed by atoms with E-state index in [0.29, 0.717) is 22.2 Å². The Balaban J connectivity index is 1.66. The molecule has 4 aromatic rings. The average molecular weight is 372 g/mol. The molecule has 1 aromatic heterocycles. The van der Waals surface area contributed by atoms with Gasteiger partial charge in [0.1, 0.15) is 11.6 Å². The zero-order chi connectivity index (χ0) is 18.6. The third-order valence-electron chi connectivity index (χ3n) is 4.10. The standard InChI is InChI=1S/C21H14ClN5/c22-16-8-4-9-17(11-16)25-21-19(12-23)20(26-27-21)24-13-15-7-3-6-14-5-1-2-10-18(14)15/h1-11,13H,(H2,25,26,27)/b24-13+. The van der Waals surface area contributed by atoms with Crippen molar-refractivity contribution in [1.82, 2.24) is 10.2 Å². The minimum absolute atomic E-state index is 0.339. The molecule has 4 rings (SSSR count). The summed E-state index contributed by atoms with van der Waals surface area (Å²) in [5.74, 6) is 0.805. The number of hydrogen-bond donors (Lipinski definition) is 2. The highest BCUT2D eigenvalue weighted by Crippen LogP contribution is 2.27. The smallest absolute Gasteiger partial charge is 0.172 e. The van der Waals surface area contributed by atoms with Crippen molar-refractivity contribution in [3.63, 3.8) is 0 Å². The maximum atomic E-state index is 9.54. The van der Waals surface area contributed by atoms with Gasteiger partial charge < -0.3 is 5.32 Å². The molecule has 2 N–H and O–H groups in total. The fourth-order valence-corrected chi connectivity index (χ4v) is 3.01. The van der Waals surface area contributed by atoms with Gasteiger partial charge in [-0.15, -0.1) is 0 Å². The van der Waals surface area contributed by atoms with Gasteiger partial charge in [0.25, 0.3) is 0 Å². The number of benzene rings is 3. The molecule has 0 fully saturated rings. The second-order valence-corrected chi connectivity index (χ2v) is 6.31. The topological polar surface area (TPSA) is 76.9 Å². The van der Waals surface area contributed by atoms with E-state index in [0.717, 1.165) is 22.0 Å². The van der Waals surface area contributed by atoms with Gasteiger partial charge in [-0.3, -0.25) is 5.10 Å². The number of aliphatic imine (C=N–C) groups is 1. The highest BCUT2D eigenvalue weighted by molar-refractivity contribution is 6.30. The Morgan fingerprint density at radius 3 is 2.74 bits per heavy atom. The summed E-state index contributed by atoms with van der Waals surface area (Å²) < 4.78 is 0. The molecule has 0 atom stereocenters. The first kappa shape index (κ1) is 16.8. The van der Waals surface area contributed by atoms with Crippen LogP contribution in [0.3, 0.4) is 0 Å². The molecule has 0 aliphatic carbocycles. The molecule has 0 saturated carbocycles. The van der Waals surface area contributed by atoms with Gasteiger partial charge in [-0.05, 0) is 29.0 Å². The van der Waals surface area contributed by atoms with Crippen LogP contribution in [-0.2, 0) is 0 Å². The summed E-state index contributed by atoms with van der Waals surface area (Å²) in [6, 6.07) is 23.5. The van der Waals surface area contributed by atoms with Gasteiger partial charge in [-0.25, -0.2) is 4.99 Å². The lowest BCUT2D eigenvalue weighted by Gasteiger charge is -2.03. The second-order valence-electron chi connectivity index (χ2n) is 5.87. The molecular formula is C21H14ClN5. The Morgan fingerprint density at radius 2 is 1.89 bits per heavy atom.